The van der Waals surface area contributed by atoms with E-state index in [1.165, 1.54) is 5.56 Å². The van der Waals surface area contributed by atoms with Gasteiger partial charge in [0.05, 0.1) is 27.4 Å². The molecule has 5 aromatic rings. The molecule has 3 heterocycles. The third kappa shape index (κ3) is 4.38. The summed E-state index contributed by atoms with van der Waals surface area (Å²) in [7, 11) is 3.19. The Bertz CT molecular complexity index is 2070. The van der Waals surface area contributed by atoms with E-state index in [0.29, 0.717) is 36.0 Å². The van der Waals surface area contributed by atoms with Crippen LogP contribution in [0.2, 0.25) is 0 Å². The van der Waals surface area contributed by atoms with Crippen molar-refractivity contribution >= 4 is 22.5 Å². The van der Waals surface area contributed by atoms with E-state index in [1.54, 1.807) is 20.3 Å². The molecule has 0 spiro atoms. The SMILES string of the molecule is COc1cc2c3c(c4c(c2cc1OC)-c1ccccc1C4(C)C)C=CC(c1ccc(N2CCOCC2)cc1)(c1nc(F)nc(F)n1)O3. The Labute approximate surface area is 270 Å². The first-order chi connectivity index (χ1) is 22.7. The Morgan fingerprint density at radius 2 is 1.49 bits per heavy atom. The predicted octanol–water partition coefficient (Wildman–Crippen LogP) is 6.81. The van der Waals surface area contributed by atoms with Gasteiger partial charge in [-0.2, -0.15) is 23.7 Å². The number of rotatable bonds is 5. The zero-order chi connectivity index (χ0) is 32.5. The number of methoxy groups -OCH3 is 2. The monoisotopic (exact) mass is 634 g/mol. The molecule has 238 valence electrons. The molecule has 0 saturated carbocycles. The molecule has 4 aromatic carbocycles. The van der Waals surface area contributed by atoms with E-state index in [0.717, 1.165) is 51.8 Å². The van der Waals surface area contributed by atoms with Crippen LogP contribution < -0.4 is 19.1 Å². The lowest BCUT2D eigenvalue weighted by Crippen LogP contribution is -2.38. The van der Waals surface area contributed by atoms with Crippen molar-refractivity contribution in [3.63, 3.8) is 0 Å². The Morgan fingerprint density at radius 3 is 2.17 bits per heavy atom. The first-order valence-electron chi connectivity index (χ1n) is 15.5. The molecule has 1 unspecified atom stereocenters. The van der Waals surface area contributed by atoms with Gasteiger partial charge in [0.2, 0.25) is 5.60 Å². The first kappa shape index (κ1) is 29.3. The van der Waals surface area contributed by atoms with Gasteiger partial charge in [-0.15, -0.1) is 0 Å². The minimum Gasteiger partial charge on any atom is -0.493 e. The molecule has 1 atom stereocenters. The van der Waals surface area contributed by atoms with Crippen LogP contribution in [-0.4, -0.2) is 55.5 Å². The van der Waals surface area contributed by atoms with Crippen LogP contribution in [0.3, 0.4) is 0 Å². The van der Waals surface area contributed by atoms with Crippen molar-refractivity contribution in [1.29, 1.82) is 0 Å². The van der Waals surface area contributed by atoms with Crippen molar-refractivity contribution in [1.82, 2.24) is 15.0 Å². The standard InChI is InChI=1S/C37H32F2N4O4/c1-36(2)27-8-6-5-7-23(27)30-25-19-28(44-3)29(45-4)20-26(25)32-24(31(30)36)13-14-37(47-32,33-40-34(38)42-35(39)41-33)21-9-11-22(12-10-21)43-15-17-46-18-16-43/h5-14,19-20H,15-18H2,1-4H3. The summed E-state index contributed by atoms with van der Waals surface area (Å²) < 4.78 is 53.5. The van der Waals surface area contributed by atoms with Gasteiger partial charge in [-0.3, -0.25) is 0 Å². The van der Waals surface area contributed by atoms with Gasteiger partial charge in [0.25, 0.3) is 0 Å². The highest BCUT2D eigenvalue weighted by Gasteiger charge is 2.46. The summed E-state index contributed by atoms with van der Waals surface area (Å²) in [6.45, 7) is 7.20. The average molecular weight is 635 g/mol. The first-order valence-corrected chi connectivity index (χ1v) is 15.5. The third-order valence-electron chi connectivity index (χ3n) is 9.63. The highest BCUT2D eigenvalue weighted by Crippen LogP contribution is 2.58. The van der Waals surface area contributed by atoms with Crippen LogP contribution in [0.25, 0.3) is 28.0 Å². The smallest absolute Gasteiger partial charge is 0.314 e. The normalized spacial score (nSPS) is 19.1. The van der Waals surface area contributed by atoms with Crippen molar-refractivity contribution in [3.8, 4) is 28.4 Å². The number of hydrogen-bond acceptors (Lipinski definition) is 8. The lowest BCUT2D eigenvalue weighted by atomic mass is 9.77. The Kier molecular flexibility index (Phi) is 6.70. The lowest BCUT2D eigenvalue weighted by molar-refractivity contribution is 0.122. The van der Waals surface area contributed by atoms with Gasteiger partial charge < -0.3 is 23.8 Å². The number of benzene rings is 4. The number of halogens is 2. The number of ether oxygens (including phenoxy) is 4. The summed E-state index contributed by atoms with van der Waals surface area (Å²) >= 11 is 0. The Morgan fingerprint density at radius 1 is 0.830 bits per heavy atom. The van der Waals surface area contributed by atoms with E-state index < -0.39 is 23.2 Å². The summed E-state index contributed by atoms with van der Waals surface area (Å²) in [6, 6.07) is 19.9. The summed E-state index contributed by atoms with van der Waals surface area (Å²) in [5, 5.41) is 1.65. The molecule has 8 nitrogen and oxygen atoms in total. The van der Waals surface area contributed by atoms with Crippen LogP contribution in [0.4, 0.5) is 14.5 Å². The quantitative estimate of drug-likeness (QED) is 0.209. The fourth-order valence-corrected chi connectivity index (χ4v) is 7.41. The maximum absolute atomic E-state index is 14.7. The van der Waals surface area contributed by atoms with Crippen molar-refractivity contribution in [2.45, 2.75) is 24.9 Å². The van der Waals surface area contributed by atoms with Crippen LogP contribution in [0.15, 0.2) is 66.7 Å². The van der Waals surface area contributed by atoms with E-state index in [2.05, 4.69) is 45.8 Å². The minimum atomic E-state index is -1.59. The molecule has 10 heteroatoms. The van der Waals surface area contributed by atoms with Gasteiger partial charge >= 0.3 is 12.2 Å². The van der Waals surface area contributed by atoms with E-state index in [1.807, 2.05) is 54.6 Å². The van der Waals surface area contributed by atoms with E-state index in [4.69, 9.17) is 18.9 Å². The minimum absolute atomic E-state index is 0.208. The van der Waals surface area contributed by atoms with Crippen molar-refractivity contribution in [2.75, 3.05) is 45.4 Å². The summed E-state index contributed by atoms with van der Waals surface area (Å²) in [5.41, 5.74) is 4.93. The zero-order valence-corrected chi connectivity index (χ0v) is 26.4. The fraction of sp³-hybridized carbons (Fsp3) is 0.270. The molecule has 1 aromatic heterocycles. The molecular weight excluding hydrogens is 602 g/mol. The Hall–Kier alpha value is -5.09. The van der Waals surface area contributed by atoms with Gasteiger partial charge in [0, 0.05) is 40.7 Å². The van der Waals surface area contributed by atoms with Crippen molar-refractivity contribution in [2.24, 2.45) is 0 Å². The van der Waals surface area contributed by atoms with Crippen LogP contribution in [0, 0.1) is 12.2 Å². The van der Waals surface area contributed by atoms with Crippen molar-refractivity contribution in [3.05, 3.63) is 107 Å². The van der Waals surface area contributed by atoms with Gasteiger partial charge in [0.1, 0.15) is 5.75 Å². The highest BCUT2D eigenvalue weighted by atomic mass is 19.1. The second-order valence-electron chi connectivity index (χ2n) is 12.4. The maximum Gasteiger partial charge on any atom is 0.314 e. The number of morpholine rings is 1. The number of aromatic nitrogens is 3. The van der Waals surface area contributed by atoms with Gasteiger partial charge in [-0.25, -0.2) is 0 Å². The Balaban J connectivity index is 1.41. The lowest BCUT2D eigenvalue weighted by Gasteiger charge is -2.37. The molecule has 0 amide bonds. The largest absolute Gasteiger partial charge is 0.493 e. The summed E-state index contributed by atoms with van der Waals surface area (Å²) in [6.07, 6.45) is 1.29. The molecule has 3 aliphatic rings. The van der Waals surface area contributed by atoms with Crippen LogP contribution in [-0.2, 0) is 15.8 Å². The van der Waals surface area contributed by atoms with Gasteiger partial charge in [-0.05, 0) is 58.0 Å². The zero-order valence-electron chi connectivity index (χ0n) is 26.4. The number of hydrogen-bond donors (Lipinski definition) is 0. The number of nitrogens with zero attached hydrogens (tertiary/aromatic N) is 4. The van der Waals surface area contributed by atoms with E-state index in [9.17, 15) is 8.78 Å². The molecule has 8 rings (SSSR count). The van der Waals surface area contributed by atoms with E-state index >= 15 is 0 Å². The third-order valence-corrected chi connectivity index (χ3v) is 9.63. The molecule has 1 fully saturated rings. The van der Waals surface area contributed by atoms with Crippen LogP contribution in [0.5, 0.6) is 17.2 Å². The molecule has 47 heavy (non-hydrogen) atoms. The topological polar surface area (TPSA) is 78.8 Å². The number of anilines is 1. The molecule has 0 radical (unpaired) electrons. The number of fused-ring (bicyclic) bond motifs is 8. The van der Waals surface area contributed by atoms with Gasteiger partial charge in [0.15, 0.2) is 17.3 Å². The average Bonchev–Trinajstić information content (AvgIpc) is 3.34. The molecule has 1 aliphatic carbocycles. The van der Waals surface area contributed by atoms with E-state index in [-0.39, 0.29) is 5.82 Å². The second kappa shape index (κ2) is 10.7. The summed E-state index contributed by atoms with van der Waals surface area (Å²) in [4.78, 5) is 13.4. The molecule has 0 N–H and O–H groups in total. The highest BCUT2D eigenvalue weighted by molar-refractivity contribution is 6.09. The van der Waals surface area contributed by atoms with Crippen molar-refractivity contribution < 1.29 is 27.7 Å². The molecule has 2 aliphatic heterocycles. The molecule has 1 saturated heterocycles. The summed E-state index contributed by atoms with van der Waals surface area (Å²) in [5.74, 6) is 1.40. The van der Waals surface area contributed by atoms with Crippen LogP contribution >= 0.6 is 0 Å². The van der Waals surface area contributed by atoms with Gasteiger partial charge in [-0.1, -0.05) is 56.3 Å². The maximum atomic E-state index is 14.7. The van der Waals surface area contributed by atoms with Crippen LogP contribution in [0.1, 0.15) is 41.9 Å². The molecule has 0 bridgehead atoms. The fourth-order valence-electron chi connectivity index (χ4n) is 7.41. The second-order valence-corrected chi connectivity index (χ2v) is 12.4. The molecular formula is C37H32F2N4O4. The predicted molar refractivity (Wildman–Crippen MR) is 174 cm³/mol.